The number of nitrogens with zero attached hydrogens (tertiary/aromatic N) is 3. The Morgan fingerprint density at radius 3 is 2.21 bits per heavy atom. The molecule has 2 fully saturated rings. The van der Waals surface area contributed by atoms with E-state index in [-0.39, 0.29) is 67.2 Å². The van der Waals surface area contributed by atoms with Crippen molar-refractivity contribution in [3.8, 4) is 17.6 Å². The smallest absolute Gasteiger partial charge is 0.328 e. The molecule has 2 saturated heterocycles. The molecule has 3 aromatic rings. The molecule has 0 spiro atoms. The summed E-state index contributed by atoms with van der Waals surface area (Å²) in [6, 6.07) is 17.8. The Hall–Kier alpha value is -6.30. The quantitative estimate of drug-likeness (QED) is 0.0194. The SMILES string of the molecule is COc1cc2cc(c1Cl)N(C)C(=O)C[C@H](OC(=O)[C@H](C)N(C)C(=O)CC(C)(C)SSCCCC(=O)CCCOCCOCCOCCOCCCC(=O)NCC(=O)N1Cc3ccccc3C#Cc3ccccc31)[C@]1(C)O[C@H]1[C@H](C)[C@@H]1C[C@@](O)(CC(=O)O1)[C@H](OC)/C=C/C=C(\C)C2. The number of benzene rings is 3. The minimum absolute atomic E-state index is 0.0266. The van der Waals surface area contributed by atoms with E-state index >= 15 is 0 Å². The Morgan fingerprint density at radius 1 is 0.885 bits per heavy atom. The number of hydrogen-bond acceptors (Lipinski definition) is 19. The van der Waals surface area contributed by atoms with Crippen LogP contribution < -0.4 is 19.9 Å². The lowest BCUT2D eigenvalue weighted by molar-refractivity contribution is -0.187. The van der Waals surface area contributed by atoms with Crippen molar-refractivity contribution in [3.05, 3.63) is 112 Å². The standard InChI is InChI=1S/C72H95ClN4O17S2/c1-48-19-15-26-60(87-10)72(85)43-59(92-66(83)45-72)49(2)68-71(6,94-68)61(42-63(80)76(8)57-40-51(39-48)41-58(86-9)67(57)73)93-69(84)50(3)75(7)64(81)44-70(4,5)96-95-38-18-24-55(78)23-16-30-88-32-34-90-36-37-91-35-33-89-31-17-27-62(79)74-46-65(82)77-47-54-22-12-11-20-52(54)28-29-53-21-13-14-25-56(53)77/h11-15,19-22,25-26,40-41,49-50,59-61,68,85H,16-18,23-24,27,30-39,42-47H2,1-10H3,(H,74,79)/b26-15+,48-19+/t49-,50+,59+,60-,61+,68+,71+,72-/m1/s1. The summed E-state index contributed by atoms with van der Waals surface area (Å²) in [5, 5.41) is 15.0. The van der Waals surface area contributed by atoms with Gasteiger partial charge in [-0.15, -0.1) is 0 Å². The first-order valence-electron chi connectivity index (χ1n) is 32.8. The van der Waals surface area contributed by atoms with Crippen LogP contribution in [0.25, 0.3) is 0 Å². The Bertz CT molecular complexity index is 3320. The summed E-state index contributed by atoms with van der Waals surface area (Å²) in [4.78, 5) is 98.8. The first-order valence-corrected chi connectivity index (χ1v) is 35.5. The van der Waals surface area contributed by atoms with E-state index in [2.05, 4.69) is 17.2 Å². The van der Waals surface area contributed by atoms with Gasteiger partial charge in [-0.05, 0) is 102 Å². The van der Waals surface area contributed by atoms with Crippen LogP contribution >= 0.6 is 33.2 Å². The Labute approximate surface area is 578 Å². The molecule has 2 N–H and O–H groups in total. The summed E-state index contributed by atoms with van der Waals surface area (Å²) in [5.41, 5.74) is 2.49. The summed E-state index contributed by atoms with van der Waals surface area (Å²) in [6.45, 7) is 14.3. The van der Waals surface area contributed by atoms with Gasteiger partial charge in [-0.2, -0.15) is 0 Å². The highest BCUT2D eigenvalue weighted by atomic mass is 35.5. The van der Waals surface area contributed by atoms with Crippen molar-refractivity contribution in [2.75, 3.05) is 103 Å². The second-order valence-corrected chi connectivity index (χ2v) is 29.0. The number of carbonyl (C=O) groups excluding carboxylic acids is 7. The monoisotopic (exact) mass is 1390 g/mol. The summed E-state index contributed by atoms with van der Waals surface area (Å²) >= 11 is 6.86. The topological polar surface area (TPSA) is 248 Å². The van der Waals surface area contributed by atoms with Crippen LogP contribution in [0.4, 0.5) is 11.4 Å². The third-order valence-corrected chi connectivity index (χ3v) is 21.2. The number of Topliss-reactive ketones (excluding diaryl/α,β-unsaturated/α-hetero) is 1. The third kappa shape index (κ3) is 22.4. The maximum Gasteiger partial charge on any atom is 0.328 e. The summed E-state index contributed by atoms with van der Waals surface area (Å²) in [7, 11) is 9.18. The molecule has 4 bridgehead atoms. The van der Waals surface area contributed by atoms with Crippen LogP contribution in [0.15, 0.2) is 84.5 Å². The van der Waals surface area contributed by atoms with E-state index in [0.717, 1.165) is 27.8 Å². The molecule has 24 heteroatoms. The first kappa shape index (κ1) is 77.1. The van der Waals surface area contributed by atoms with Crippen LogP contribution in [0.2, 0.25) is 5.02 Å². The number of methoxy groups -OCH3 is 2. The zero-order valence-corrected chi connectivity index (χ0v) is 59.4. The molecular weight excluding hydrogens is 1290 g/mol. The molecular formula is C72H95ClN4O17S2. The van der Waals surface area contributed by atoms with Gasteiger partial charge >= 0.3 is 11.9 Å². The van der Waals surface area contributed by atoms with Crippen LogP contribution in [0.3, 0.4) is 0 Å². The van der Waals surface area contributed by atoms with E-state index in [1.807, 2.05) is 82.3 Å². The van der Waals surface area contributed by atoms with Gasteiger partial charge in [0.2, 0.25) is 23.6 Å². The fourth-order valence-corrected chi connectivity index (χ4v) is 14.6. The number of allylic oxidation sites excluding steroid dienone is 3. The van der Waals surface area contributed by atoms with Gasteiger partial charge in [0, 0.05) is 94.1 Å². The lowest BCUT2D eigenvalue weighted by Gasteiger charge is -2.41. The van der Waals surface area contributed by atoms with Crippen LogP contribution in [0.5, 0.6) is 5.75 Å². The second kappa shape index (κ2) is 37.0. The number of aliphatic hydroxyl groups is 1. The predicted molar refractivity (Wildman–Crippen MR) is 370 cm³/mol. The van der Waals surface area contributed by atoms with Gasteiger partial charge in [0.15, 0.2) is 0 Å². The van der Waals surface area contributed by atoms with E-state index in [1.165, 1.54) is 41.9 Å². The van der Waals surface area contributed by atoms with E-state index in [0.29, 0.717) is 121 Å². The Balaban J connectivity index is 0.742. The first-order chi connectivity index (χ1) is 45.9. The number of esters is 2. The van der Waals surface area contributed by atoms with Gasteiger partial charge in [-0.1, -0.05) is 106 Å². The number of hydrogen-bond donors (Lipinski definition) is 2. The number of epoxide rings is 1. The number of ether oxygens (including phenoxy) is 9. The average Bonchev–Trinajstić information content (AvgIpc) is 1.57. The molecule has 96 heavy (non-hydrogen) atoms. The molecule has 0 radical (unpaired) electrons. The van der Waals surface area contributed by atoms with E-state index in [9.17, 15) is 38.7 Å². The number of halogens is 1. The Kier molecular flexibility index (Phi) is 29.7. The minimum Gasteiger partial charge on any atom is -0.495 e. The highest BCUT2D eigenvalue weighted by molar-refractivity contribution is 8.77. The third-order valence-electron chi connectivity index (χ3n) is 17.5. The minimum atomic E-state index is -1.62. The highest BCUT2D eigenvalue weighted by Crippen LogP contribution is 2.50. The maximum absolute atomic E-state index is 14.5. The number of rotatable bonds is 32. The van der Waals surface area contributed by atoms with E-state index in [1.54, 1.807) is 60.9 Å². The number of ketones is 1. The lowest BCUT2D eigenvalue weighted by atomic mass is 9.78. The molecule has 21 nitrogen and oxygen atoms in total. The molecule has 524 valence electrons. The van der Waals surface area contributed by atoms with Gasteiger partial charge in [-0.25, -0.2) is 4.79 Å². The van der Waals surface area contributed by atoms with Crippen LogP contribution in [-0.4, -0.2) is 191 Å². The van der Waals surface area contributed by atoms with E-state index in [4.69, 9.17) is 54.2 Å². The largest absolute Gasteiger partial charge is 0.495 e. The maximum atomic E-state index is 14.5. The van der Waals surface area contributed by atoms with Crippen LogP contribution in [-0.2, 0) is 84.4 Å². The Morgan fingerprint density at radius 2 is 1.52 bits per heavy atom. The van der Waals surface area contributed by atoms with Crippen molar-refractivity contribution in [1.82, 2.24) is 10.2 Å². The van der Waals surface area contributed by atoms with Gasteiger partial charge < -0.3 is 67.8 Å². The molecule has 0 saturated carbocycles. The predicted octanol–water partition coefficient (Wildman–Crippen LogP) is 9.35. The molecule has 4 aliphatic rings. The van der Waals surface area contributed by atoms with Crippen molar-refractivity contribution >= 4 is 85.9 Å². The average molecular weight is 1390 g/mol. The van der Waals surface area contributed by atoms with E-state index < -0.39 is 70.2 Å². The highest BCUT2D eigenvalue weighted by Gasteiger charge is 2.64. The number of likely N-dealkylation sites (N-methyl/N-ethyl adjacent to an activating group) is 1. The van der Waals surface area contributed by atoms with Gasteiger partial charge in [0.25, 0.3) is 0 Å². The summed E-state index contributed by atoms with van der Waals surface area (Å²) < 4.78 is 51.8. The number of carbonyl (C=O) groups is 7. The molecule has 0 unspecified atom stereocenters. The molecule has 7 rings (SSSR count). The van der Waals surface area contributed by atoms with Crippen LogP contribution in [0, 0.1) is 17.8 Å². The number of nitrogens with one attached hydrogen (secondary N) is 1. The fraction of sp³-hybridized carbons (Fsp3) is 0.569. The fourth-order valence-electron chi connectivity index (χ4n) is 11.7. The van der Waals surface area contributed by atoms with Crippen molar-refractivity contribution in [2.45, 2.75) is 165 Å². The number of fused-ring (bicyclic) bond motifs is 7. The lowest BCUT2D eigenvalue weighted by Crippen LogP contribution is -2.53. The second-order valence-electron chi connectivity index (χ2n) is 25.5. The molecule has 8 atom stereocenters. The number of amides is 4. The number of para-hydroxylation sites is 1. The molecule has 4 aliphatic heterocycles. The zero-order chi connectivity index (χ0) is 69.6. The zero-order valence-electron chi connectivity index (χ0n) is 57.0. The van der Waals surface area contributed by atoms with Gasteiger partial charge in [0.05, 0.1) is 90.2 Å². The van der Waals surface area contributed by atoms with Crippen LogP contribution in [0.1, 0.15) is 128 Å². The summed E-state index contributed by atoms with van der Waals surface area (Å²) in [5.74, 6) is 4.48. The van der Waals surface area contributed by atoms with Crippen molar-refractivity contribution in [3.63, 3.8) is 0 Å². The molecule has 4 amide bonds. The normalized spacial score (nSPS) is 23.0. The van der Waals surface area contributed by atoms with Crippen molar-refractivity contribution < 1.29 is 81.3 Å². The summed E-state index contributed by atoms with van der Waals surface area (Å²) in [6.07, 6.45) is 4.55. The molecule has 3 aromatic carbocycles. The van der Waals surface area contributed by atoms with Crippen molar-refractivity contribution in [2.24, 2.45) is 5.92 Å². The molecule has 0 aliphatic carbocycles. The molecule has 0 aromatic heterocycles. The molecule has 4 heterocycles. The van der Waals surface area contributed by atoms with Gasteiger partial charge in [-0.3, -0.25) is 28.8 Å². The number of anilines is 2. The van der Waals surface area contributed by atoms with Gasteiger partial charge in [0.1, 0.15) is 52.1 Å². The van der Waals surface area contributed by atoms with Crippen molar-refractivity contribution in [1.29, 1.82) is 0 Å².